The van der Waals surface area contributed by atoms with Gasteiger partial charge in [0.1, 0.15) is 0 Å². The molecule has 0 amide bonds. The molecule has 2 aromatic rings. The van der Waals surface area contributed by atoms with Crippen LogP contribution >= 0.6 is 15.9 Å². The Morgan fingerprint density at radius 2 is 2.11 bits per heavy atom. The summed E-state index contributed by atoms with van der Waals surface area (Å²) in [6.45, 7) is 0.191. The van der Waals surface area contributed by atoms with Gasteiger partial charge in [-0.2, -0.15) is 5.10 Å². The van der Waals surface area contributed by atoms with Gasteiger partial charge in [-0.15, -0.1) is 0 Å². The molecule has 0 fully saturated rings. The summed E-state index contributed by atoms with van der Waals surface area (Å²) in [5.74, 6) is 0.230. The third kappa shape index (κ3) is 3.43. The number of nitrogens with zero attached hydrogens (tertiary/aromatic N) is 2. The zero-order chi connectivity index (χ0) is 13.0. The van der Waals surface area contributed by atoms with Crippen LogP contribution in [0.4, 0.5) is 0 Å². The van der Waals surface area contributed by atoms with Crippen molar-refractivity contribution in [1.29, 1.82) is 0 Å². The molecule has 1 aromatic carbocycles. The summed E-state index contributed by atoms with van der Waals surface area (Å²) >= 11 is 3.55. The van der Waals surface area contributed by atoms with Crippen molar-refractivity contribution < 1.29 is 5.11 Å². The predicted octanol–water partition coefficient (Wildman–Crippen LogP) is 2.58. The number of aromatic nitrogens is 2. The van der Waals surface area contributed by atoms with Crippen molar-refractivity contribution >= 4 is 15.9 Å². The lowest BCUT2D eigenvalue weighted by molar-refractivity contribution is 0.225. The quantitative estimate of drug-likeness (QED) is 0.922. The lowest BCUT2D eigenvalue weighted by atomic mass is 9.94. The molecule has 0 saturated carbocycles. The SMILES string of the molecule is Cn1cc(CC(CO)Cc2ccccc2Br)cn1. The van der Waals surface area contributed by atoms with E-state index in [0.29, 0.717) is 0 Å². The Bertz CT molecular complexity index is 510. The Labute approximate surface area is 116 Å². The minimum atomic E-state index is 0.191. The molecule has 1 atom stereocenters. The van der Waals surface area contributed by atoms with Gasteiger partial charge in [-0.25, -0.2) is 0 Å². The van der Waals surface area contributed by atoms with Gasteiger partial charge >= 0.3 is 0 Å². The summed E-state index contributed by atoms with van der Waals surface area (Å²) in [4.78, 5) is 0. The molecule has 1 aromatic heterocycles. The highest BCUT2D eigenvalue weighted by Gasteiger charge is 2.12. The number of aliphatic hydroxyl groups excluding tert-OH is 1. The van der Waals surface area contributed by atoms with Crippen molar-refractivity contribution in [3.63, 3.8) is 0 Å². The van der Waals surface area contributed by atoms with E-state index in [-0.39, 0.29) is 12.5 Å². The van der Waals surface area contributed by atoms with E-state index in [1.54, 1.807) is 4.68 Å². The maximum absolute atomic E-state index is 9.50. The van der Waals surface area contributed by atoms with E-state index in [0.717, 1.165) is 17.3 Å². The number of aliphatic hydroxyl groups is 1. The van der Waals surface area contributed by atoms with Crippen LogP contribution in [0.25, 0.3) is 0 Å². The van der Waals surface area contributed by atoms with Gasteiger partial charge in [0.15, 0.2) is 0 Å². The molecule has 0 saturated heterocycles. The smallest absolute Gasteiger partial charge is 0.0521 e. The van der Waals surface area contributed by atoms with E-state index in [1.165, 1.54) is 11.1 Å². The zero-order valence-corrected chi connectivity index (χ0v) is 12.0. The van der Waals surface area contributed by atoms with Gasteiger partial charge in [0.25, 0.3) is 0 Å². The maximum Gasteiger partial charge on any atom is 0.0521 e. The van der Waals surface area contributed by atoms with Crippen LogP contribution < -0.4 is 0 Å². The molecule has 1 N–H and O–H groups in total. The second kappa shape index (κ2) is 6.16. The molecule has 0 aliphatic carbocycles. The molecule has 0 radical (unpaired) electrons. The second-order valence-corrected chi connectivity index (χ2v) is 5.42. The Hall–Kier alpha value is -1.13. The summed E-state index contributed by atoms with van der Waals surface area (Å²) in [6, 6.07) is 8.16. The van der Waals surface area contributed by atoms with E-state index < -0.39 is 0 Å². The van der Waals surface area contributed by atoms with Crippen molar-refractivity contribution in [2.45, 2.75) is 12.8 Å². The Morgan fingerprint density at radius 3 is 2.72 bits per heavy atom. The van der Waals surface area contributed by atoms with E-state index in [9.17, 15) is 5.11 Å². The summed E-state index contributed by atoms with van der Waals surface area (Å²) in [5, 5.41) is 13.7. The molecule has 0 aliphatic rings. The van der Waals surface area contributed by atoms with Crippen LogP contribution in [0.2, 0.25) is 0 Å². The molecular formula is C14H17BrN2O. The molecule has 3 nitrogen and oxygen atoms in total. The molecule has 96 valence electrons. The predicted molar refractivity (Wildman–Crippen MR) is 75.3 cm³/mol. The van der Waals surface area contributed by atoms with Gasteiger partial charge in [0.2, 0.25) is 0 Å². The van der Waals surface area contributed by atoms with Crippen LogP contribution in [-0.4, -0.2) is 21.5 Å². The molecule has 1 heterocycles. The van der Waals surface area contributed by atoms with E-state index in [4.69, 9.17) is 0 Å². The van der Waals surface area contributed by atoms with Gasteiger partial charge in [-0.3, -0.25) is 4.68 Å². The summed E-state index contributed by atoms with van der Waals surface area (Å²) in [6.07, 6.45) is 5.59. The van der Waals surface area contributed by atoms with Gasteiger partial charge < -0.3 is 5.11 Å². The van der Waals surface area contributed by atoms with Crippen LogP contribution in [0, 0.1) is 5.92 Å². The van der Waals surface area contributed by atoms with Crippen molar-refractivity contribution in [2.24, 2.45) is 13.0 Å². The normalized spacial score (nSPS) is 12.6. The average Bonchev–Trinajstić information content (AvgIpc) is 2.76. The van der Waals surface area contributed by atoms with Crippen molar-refractivity contribution in [2.75, 3.05) is 6.61 Å². The first kappa shape index (κ1) is 13.3. The molecule has 18 heavy (non-hydrogen) atoms. The lowest BCUT2D eigenvalue weighted by Crippen LogP contribution is -2.13. The van der Waals surface area contributed by atoms with Crippen LogP contribution in [-0.2, 0) is 19.9 Å². The highest BCUT2D eigenvalue weighted by molar-refractivity contribution is 9.10. The number of aryl methyl sites for hydroxylation is 1. The Morgan fingerprint density at radius 1 is 1.33 bits per heavy atom. The maximum atomic E-state index is 9.50. The third-order valence-electron chi connectivity index (χ3n) is 3.01. The lowest BCUT2D eigenvalue weighted by Gasteiger charge is -2.14. The fourth-order valence-corrected chi connectivity index (χ4v) is 2.53. The van der Waals surface area contributed by atoms with E-state index >= 15 is 0 Å². The van der Waals surface area contributed by atoms with E-state index in [2.05, 4.69) is 27.1 Å². The number of rotatable bonds is 5. The van der Waals surface area contributed by atoms with Crippen molar-refractivity contribution in [1.82, 2.24) is 9.78 Å². The monoisotopic (exact) mass is 308 g/mol. The standard InChI is InChI=1S/C14H17BrN2O/c1-17-9-12(8-16-17)6-11(10-18)7-13-4-2-3-5-14(13)15/h2-5,8-9,11,18H,6-7,10H2,1H3. The largest absolute Gasteiger partial charge is 0.396 e. The van der Waals surface area contributed by atoms with Gasteiger partial charge in [-0.05, 0) is 36.0 Å². The number of hydrogen-bond acceptors (Lipinski definition) is 2. The summed E-state index contributed by atoms with van der Waals surface area (Å²) in [7, 11) is 1.91. The van der Waals surface area contributed by atoms with Crippen molar-refractivity contribution in [3.05, 3.63) is 52.3 Å². The van der Waals surface area contributed by atoms with Crippen LogP contribution in [0.5, 0.6) is 0 Å². The van der Waals surface area contributed by atoms with E-state index in [1.807, 2.05) is 37.6 Å². The fourth-order valence-electron chi connectivity index (χ4n) is 2.09. The van der Waals surface area contributed by atoms with Gasteiger partial charge in [0, 0.05) is 24.3 Å². The minimum Gasteiger partial charge on any atom is -0.396 e. The minimum absolute atomic E-state index is 0.191. The molecule has 1 unspecified atom stereocenters. The first-order valence-electron chi connectivity index (χ1n) is 6.01. The first-order chi connectivity index (χ1) is 8.69. The van der Waals surface area contributed by atoms with Crippen molar-refractivity contribution in [3.8, 4) is 0 Å². The molecule has 0 spiro atoms. The molecule has 0 bridgehead atoms. The fraction of sp³-hybridized carbons (Fsp3) is 0.357. The first-order valence-corrected chi connectivity index (χ1v) is 6.80. The third-order valence-corrected chi connectivity index (χ3v) is 3.78. The molecule has 4 heteroatoms. The van der Waals surface area contributed by atoms with Crippen LogP contribution in [0.3, 0.4) is 0 Å². The van der Waals surface area contributed by atoms with Gasteiger partial charge in [0.05, 0.1) is 6.20 Å². The highest BCUT2D eigenvalue weighted by atomic mass is 79.9. The number of hydrogen-bond donors (Lipinski definition) is 1. The Kier molecular flexibility index (Phi) is 4.55. The molecule has 2 rings (SSSR count). The highest BCUT2D eigenvalue weighted by Crippen LogP contribution is 2.21. The zero-order valence-electron chi connectivity index (χ0n) is 10.4. The molecule has 0 aliphatic heterocycles. The topological polar surface area (TPSA) is 38.0 Å². The Balaban J connectivity index is 2.04. The van der Waals surface area contributed by atoms with Gasteiger partial charge in [-0.1, -0.05) is 34.1 Å². The summed E-state index contributed by atoms with van der Waals surface area (Å²) in [5.41, 5.74) is 2.41. The number of benzene rings is 1. The number of halogens is 1. The summed E-state index contributed by atoms with van der Waals surface area (Å²) < 4.78 is 2.90. The second-order valence-electron chi connectivity index (χ2n) is 4.57. The van der Waals surface area contributed by atoms with Crippen LogP contribution in [0.1, 0.15) is 11.1 Å². The average molecular weight is 309 g/mol. The molecular weight excluding hydrogens is 292 g/mol. The van der Waals surface area contributed by atoms with Crippen LogP contribution in [0.15, 0.2) is 41.1 Å².